The molecule has 0 saturated carbocycles. The van der Waals surface area contributed by atoms with Crippen molar-refractivity contribution >= 4 is 23.2 Å². The molecule has 0 spiro atoms. The Hall–Kier alpha value is -1.62. The van der Waals surface area contributed by atoms with Crippen LogP contribution >= 0.6 is 11.6 Å². The maximum atomic E-state index is 10.9. The first-order chi connectivity index (χ1) is 6.43. The molecule has 74 valence electrons. The summed E-state index contributed by atoms with van der Waals surface area (Å²) in [5, 5.41) is 10.9. The number of halogens is 1. The number of nitro groups is 1. The Bertz CT molecular complexity index is 417. The highest BCUT2D eigenvalue weighted by molar-refractivity contribution is 6.31. The molecule has 1 aromatic rings. The molecule has 0 aliphatic heterocycles. The summed E-state index contributed by atoms with van der Waals surface area (Å²) in [5.41, 5.74) is 4.85. The van der Waals surface area contributed by atoms with Gasteiger partial charge in [-0.05, 0) is 19.1 Å². The second-order valence-electron chi connectivity index (χ2n) is 2.74. The Morgan fingerprint density at radius 3 is 2.57 bits per heavy atom. The lowest BCUT2D eigenvalue weighted by atomic mass is 10.1. The van der Waals surface area contributed by atoms with Crippen LogP contribution in [0.4, 0.5) is 5.69 Å². The van der Waals surface area contributed by atoms with E-state index in [0.29, 0.717) is 5.56 Å². The molecule has 1 amide bonds. The molecule has 0 radical (unpaired) electrons. The SMILES string of the molecule is Cc1cc(Cl)cc(C(N)=O)c1[N+](=O)[O-]. The number of amides is 1. The van der Waals surface area contributed by atoms with Gasteiger partial charge in [0.05, 0.1) is 4.92 Å². The molecule has 0 saturated heterocycles. The van der Waals surface area contributed by atoms with Crippen LogP contribution in [0.5, 0.6) is 0 Å². The fourth-order valence-corrected chi connectivity index (χ4v) is 1.44. The fourth-order valence-electron chi connectivity index (χ4n) is 1.17. The van der Waals surface area contributed by atoms with Crippen molar-refractivity contribution in [1.29, 1.82) is 0 Å². The van der Waals surface area contributed by atoms with E-state index in [2.05, 4.69) is 0 Å². The van der Waals surface area contributed by atoms with Gasteiger partial charge in [0.2, 0.25) is 0 Å². The van der Waals surface area contributed by atoms with Crippen LogP contribution in [0.25, 0.3) is 0 Å². The number of primary amides is 1. The Morgan fingerprint density at radius 2 is 2.14 bits per heavy atom. The summed E-state index contributed by atoms with van der Waals surface area (Å²) in [6.45, 7) is 1.50. The predicted octanol–water partition coefficient (Wildman–Crippen LogP) is 1.66. The first kappa shape index (κ1) is 10.5. The molecular formula is C8H7ClN2O3. The van der Waals surface area contributed by atoms with E-state index in [1.54, 1.807) is 0 Å². The largest absolute Gasteiger partial charge is 0.365 e. The molecule has 6 heteroatoms. The summed E-state index contributed by atoms with van der Waals surface area (Å²) in [4.78, 5) is 20.9. The lowest BCUT2D eigenvalue weighted by molar-refractivity contribution is -0.385. The van der Waals surface area contributed by atoms with Crippen molar-refractivity contribution in [3.63, 3.8) is 0 Å². The minimum absolute atomic E-state index is 0.167. The van der Waals surface area contributed by atoms with Crippen LogP contribution in [0.3, 0.4) is 0 Å². The summed E-state index contributed by atoms with van der Waals surface area (Å²) in [5.74, 6) is -0.859. The average molecular weight is 215 g/mol. The molecule has 0 fully saturated rings. The number of hydrogen-bond acceptors (Lipinski definition) is 3. The monoisotopic (exact) mass is 214 g/mol. The van der Waals surface area contributed by atoms with Crippen LogP contribution in [-0.2, 0) is 0 Å². The second kappa shape index (κ2) is 3.63. The van der Waals surface area contributed by atoms with E-state index in [-0.39, 0.29) is 16.3 Å². The van der Waals surface area contributed by atoms with Gasteiger partial charge in [-0.3, -0.25) is 14.9 Å². The van der Waals surface area contributed by atoms with Crippen molar-refractivity contribution in [2.45, 2.75) is 6.92 Å². The van der Waals surface area contributed by atoms with Gasteiger partial charge in [-0.2, -0.15) is 0 Å². The topological polar surface area (TPSA) is 86.2 Å². The minimum Gasteiger partial charge on any atom is -0.365 e. The van der Waals surface area contributed by atoms with Gasteiger partial charge in [0.25, 0.3) is 11.6 Å². The number of carbonyl (C=O) groups excluding carboxylic acids is 1. The Labute approximate surface area is 84.6 Å². The fraction of sp³-hybridized carbons (Fsp3) is 0.125. The summed E-state index contributed by atoms with van der Waals surface area (Å²) in [6, 6.07) is 2.60. The van der Waals surface area contributed by atoms with Crippen molar-refractivity contribution in [2.75, 3.05) is 0 Å². The summed E-state index contributed by atoms with van der Waals surface area (Å²) in [6.07, 6.45) is 0. The summed E-state index contributed by atoms with van der Waals surface area (Å²) >= 11 is 5.64. The molecule has 0 aliphatic carbocycles. The van der Waals surface area contributed by atoms with Crippen LogP contribution in [0.1, 0.15) is 15.9 Å². The van der Waals surface area contributed by atoms with Gasteiger partial charge in [-0.25, -0.2) is 0 Å². The van der Waals surface area contributed by atoms with Gasteiger partial charge < -0.3 is 5.73 Å². The molecule has 1 aromatic carbocycles. The number of nitrogens with two attached hydrogens (primary N) is 1. The third kappa shape index (κ3) is 1.82. The standard InChI is InChI=1S/C8H7ClN2O3/c1-4-2-5(9)3-6(8(10)12)7(4)11(13)14/h2-3H,1H3,(H2,10,12). The highest BCUT2D eigenvalue weighted by Gasteiger charge is 2.21. The molecule has 0 heterocycles. The van der Waals surface area contributed by atoms with E-state index in [1.807, 2.05) is 0 Å². The molecule has 0 aromatic heterocycles. The van der Waals surface area contributed by atoms with E-state index < -0.39 is 10.8 Å². The molecule has 14 heavy (non-hydrogen) atoms. The molecule has 0 bridgehead atoms. The lowest BCUT2D eigenvalue weighted by Crippen LogP contribution is -2.14. The zero-order chi connectivity index (χ0) is 10.9. The number of rotatable bonds is 2. The number of benzene rings is 1. The zero-order valence-electron chi connectivity index (χ0n) is 7.28. The van der Waals surface area contributed by atoms with Crippen molar-refractivity contribution in [3.05, 3.63) is 38.4 Å². The minimum atomic E-state index is -0.859. The van der Waals surface area contributed by atoms with Crippen LogP contribution in [0, 0.1) is 17.0 Å². The zero-order valence-corrected chi connectivity index (χ0v) is 8.04. The molecule has 0 aliphatic rings. The van der Waals surface area contributed by atoms with E-state index >= 15 is 0 Å². The van der Waals surface area contributed by atoms with Gasteiger partial charge in [0.1, 0.15) is 5.56 Å². The molecule has 1 rings (SSSR count). The van der Waals surface area contributed by atoms with Gasteiger partial charge in [-0.15, -0.1) is 0 Å². The van der Waals surface area contributed by atoms with Gasteiger partial charge in [-0.1, -0.05) is 11.6 Å². The highest BCUT2D eigenvalue weighted by atomic mass is 35.5. The quantitative estimate of drug-likeness (QED) is 0.600. The van der Waals surface area contributed by atoms with Gasteiger partial charge in [0.15, 0.2) is 0 Å². The molecule has 0 atom stereocenters. The predicted molar refractivity (Wildman–Crippen MR) is 51.4 cm³/mol. The maximum Gasteiger partial charge on any atom is 0.285 e. The maximum absolute atomic E-state index is 10.9. The van der Waals surface area contributed by atoms with Crippen molar-refractivity contribution in [3.8, 4) is 0 Å². The molecular weight excluding hydrogens is 208 g/mol. The number of hydrogen-bond donors (Lipinski definition) is 1. The number of carbonyl (C=O) groups is 1. The van der Waals surface area contributed by atoms with Crippen molar-refractivity contribution in [1.82, 2.24) is 0 Å². The van der Waals surface area contributed by atoms with Crippen LogP contribution in [0.15, 0.2) is 12.1 Å². The normalized spacial score (nSPS) is 9.86. The smallest absolute Gasteiger partial charge is 0.285 e. The van der Waals surface area contributed by atoms with Crippen LogP contribution < -0.4 is 5.73 Å². The summed E-state index contributed by atoms with van der Waals surface area (Å²) < 4.78 is 0. The molecule has 2 N–H and O–H groups in total. The third-order valence-electron chi connectivity index (χ3n) is 1.71. The average Bonchev–Trinajstić information content (AvgIpc) is 2.01. The molecule has 0 unspecified atom stereocenters. The van der Waals surface area contributed by atoms with E-state index in [0.717, 1.165) is 0 Å². The number of nitro benzene ring substituents is 1. The van der Waals surface area contributed by atoms with Crippen LogP contribution in [0.2, 0.25) is 5.02 Å². The van der Waals surface area contributed by atoms with Gasteiger partial charge >= 0.3 is 0 Å². The highest BCUT2D eigenvalue weighted by Crippen LogP contribution is 2.26. The lowest BCUT2D eigenvalue weighted by Gasteiger charge is -2.02. The molecule has 5 nitrogen and oxygen atoms in total. The Balaban J connectivity index is 3.52. The second-order valence-corrected chi connectivity index (χ2v) is 3.18. The van der Waals surface area contributed by atoms with E-state index in [1.165, 1.54) is 19.1 Å². The first-order valence-electron chi connectivity index (χ1n) is 3.68. The first-order valence-corrected chi connectivity index (χ1v) is 4.05. The van der Waals surface area contributed by atoms with Crippen LogP contribution in [-0.4, -0.2) is 10.8 Å². The Kier molecular flexibility index (Phi) is 2.71. The van der Waals surface area contributed by atoms with Crippen molar-refractivity contribution in [2.24, 2.45) is 5.73 Å². The van der Waals surface area contributed by atoms with E-state index in [9.17, 15) is 14.9 Å². The number of nitrogens with zero attached hydrogens (tertiary/aromatic N) is 1. The van der Waals surface area contributed by atoms with E-state index in [4.69, 9.17) is 17.3 Å². The number of aryl methyl sites for hydroxylation is 1. The van der Waals surface area contributed by atoms with Gasteiger partial charge in [0, 0.05) is 10.6 Å². The third-order valence-corrected chi connectivity index (χ3v) is 1.93. The summed E-state index contributed by atoms with van der Waals surface area (Å²) in [7, 11) is 0. The van der Waals surface area contributed by atoms with Crippen molar-refractivity contribution < 1.29 is 9.72 Å². The Morgan fingerprint density at radius 1 is 1.57 bits per heavy atom.